The van der Waals surface area contributed by atoms with E-state index in [1.54, 1.807) is 9.80 Å². The molecule has 0 saturated carbocycles. The van der Waals surface area contributed by atoms with Crippen molar-refractivity contribution in [3.63, 3.8) is 0 Å². The van der Waals surface area contributed by atoms with E-state index in [0.717, 1.165) is 0 Å². The first kappa shape index (κ1) is 4.52. The zero-order valence-corrected chi connectivity index (χ0v) is 4.49. The minimum absolute atomic E-state index is 0.861. The molecule has 0 aliphatic heterocycles. The van der Waals surface area contributed by atoms with E-state index in [1.807, 2.05) is 0 Å². The Morgan fingerprint density at radius 2 is 1.60 bits per heavy atom. The average molecular weight is 125 g/mol. The SMILES string of the molecule is N#[C][Ge][C]#N. The standard InChI is InChI=1S/C2GeN2/c4-1-3-2-5. The van der Waals surface area contributed by atoms with Gasteiger partial charge in [0.05, 0.1) is 0 Å². The molecule has 0 N–H and O–H groups in total. The van der Waals surface area contributed by atoms with Crippen molar-refractivity contribution in [3.05, 3.63) is 0 Å². The van der Waals surface area contributed by atoms with Gasteiger partial charge in [-0.25, -0.2) is 0 Å². The summed E-state index contributed by atoms with van der Waals surface area (Å²) in [6.45, 7) is 0. The van der Waals surface area contributed by atoms with Crippen LogP contribution < -0.4 is 0 Å². The van der Waals surface area contributed by atoms with Gasteiger partial charge in [0.2, 0.25) is 0 Å². The third kappa shape index (κ3) is 3.52. The fourth-order valence-electron chi connectivity index (χ4n) is 0.0250. The van der Waals surface area contributed by atoms with E-state index in [9.17, 15) is 0 Å². The average Bonchev–Trinajstić information content (AvgIpc) is 1.41. The maximum absolute atomic E-state index is 7.65. The second-order valence-corrected chi connectivity index (χ2v) is 1.81. The van der Waals surface area contributed by atoms with Gasteiger partial charge in [0.15, 0.2) is 0 Å². The molecule has 0 spiro atoms. The van der Waals surface area contributed by atoms with Crippen molar-refractivity contribution in [1.29, 1.82) is 10.5 Å². The zero-order chi connectivity index (χ0) is 4.12. The Kier molecular flexibility index (Phi) is 3.19. The second-order valence-electron chi connectivity index (χ2n) is 0.349. The molecule has 2 radical (unpaired) electrons. The Balaban J connectivity index is 2.86. The fraction of sp³-hybridized carbons (Fsp3) is 0. The topological polar surface area (TPSA) is 47.6 Å². The first-order valence-corrected chi connectivity index (χ1v) is 3.05. The molecule has 0 heterocycles. The summed E-state index contributed by atoms with van der Waals surface area (Å²) in [4.78, 5) is 3.56. The predicted molar refractivity (Wildman–Crippen MR) is 17.0 cm³/mol. The van der Waals surface area contributed by atoms with Crippen LogP contribution in [0.15, 0.2) is 0 Å². The van der Waals surface area contributed by atoms with Gasteiger partial charge in [-0.2, -0.15) is 0 Å². The molecule has 2 nitrogen and oxygen atoms in total. The number of hydrogen-bond donors (Lipinski definition) is 0. The Morgan fingerprint density at radius 3 is 1.60 bits per heavy atom. The van der Waals surface area contributed by atoms with Crippen LogP contribution in [0.2, 0.25) is 0 Å². The zero-order valence-electron chi connectivity index (χ0n) is 2.39. The van der Waals surface area contributed by atoms with Crippen molar-refractivity contribution < 1.29 is 0 Å². The second kappa shape index (κ2) is 3.52. The molecule has 0 aliphatic carbocycles. The van der Waals surface area contributed by atoms with Gasteiger partial charge in [-0.1, -0.05) is 0 Å². The van der Waals surface area contributed by atoms with Crippen LogP contribution >= 0.6 is 0 Å². The summed E-state index contributed by atoms with van der Waals surface area (Å²) < 4.78 is 0. The Bertz CT molecular complexity index is 72.8. The molecule has 0 aromatic rings. The van der Waals surface area contributed by atoms with Crippen LogP contribution in [0.1, 0.15) is 0 Å². The van der Waals surface area contributed by atoms with Gasteiger partial charge in [0, 0.05) is 0 Å². The van der Waals surface area contributed by atoms with Crippen LogP contribution in [0.5, 0.6) is 0 Å². The van der Waals surface area contributed by atoms with Crippen LogP contribution in [-0.4, -0.2) is 15.4 Å². The molecule has 0 aromatic heterocycles. The number of nitrogens with zero attached hydrogens (tertiary/aromatic N) is 2. The van der Waals surface area contributed by atoms with E-state index in [0.29, 0.717) is 0 Å². The van der Waals surface area contributed by atoms with Gasteiger partial charge in [0.25, 0.3) is 0 Å². The number of nitriles is 2. The summed E-state index contributed by atoms with van der Waals surface area (Å²) in [5, 5.41) is 15.3. The molecule has 22 valence electrons. The molecule has 0 fully saturated rings. The Labute approximate surface area is 36.5 Å². The molecular weight excluding hydrogens is 125 g/mol. The molecule has 0 aromatic carbocycles. The van der Waals surface area contributed by atoms with Gasteiger partial charge in [-0.05, 0) is 0 Å². The van der Waals surface area contributed by atoms with Crippen LogP contribution in [0, 0.1) is 20.3 Å². The summed E-state index contributed by atoms with van der Waals surface area (Å²) in [5.41, 5.74) is 0. The van der Waals surface area contributed by atoms with E-state index in [1.165, 1.54) is 0 Å². The van der Waals surface area contributed by atoms with Gasteiger partial charge in [-0.15, -0.1) is 0 Å². The van der Waals surface area contributed by atoms with E-state index in [-0.39, 0.29) is 0 Å². The summed E-state index contributed by atoms with van der Waals surface area (Å²) in [6, 6.07) is 0. The van der Waals surface area contributed by atoms with E-state index < -0.39 is 15.4 Å². The van der Waals surface area contributed by atoms with E-state index >= 15 is 0 Å². The van der Waals surface area contributed by atoms with E-state index in [4.69, 9.17) is 10.5 Å². The molecule has 0 unspecified atom stereocenters. The molecule has 3 heteroatoms. The summed E-state index contributed by atoms with van der Waals surface area (Å²) >= 11 is -0.861. The van der Waals surface area contributed by atoms with Gasteiger partial charge < -0.3 is 0 Å². The molecule has 0 rings (SSSR count). The summed E-state index contributed by atoms with van der Waals surface area (Å²) in [6.07, 6.45) is 0. The quantitative estimate of drug-likeness (QED) is 0.415. The predicted octanol–water partition coefficient (Wildman–Crippen LogP) is -0.347. The minimum atomic E-state index is -0.861. The summed E-state index contributed by atoms with van der Waals surface area (Å²) in [5.74, 6) is 0. The van der Waals surface area contributed by atoms with Crippen molar-refractivity contribution in [2.75, 3.05) is 0 Å². The van der Waals surface area contributed by atoms with E-state index in [2.05, 4.69) is 0 Å². The first-order chi connectivity index (χ1) is 2.41. The van der Waals surface area contributed by atoms with Gasteiger partial charge in [0.1, 0.15) is 0 Å². The maximum atomic E-state index is 7.65. The number of hydrogen-bond acceptors (Lipinski definition) is 2. The molecule has 0 aliphatic rings. The Morgan fingerprint density at radius 1 is 1.20 bits per heavy atom. The normalized spacial score (nSPS) is 4.40. The van der Waals surface area contributed by atoms with Crippen molar-refractivity contribution in [2.45, 2.75) is 0 Å². The van der Waals surface area contributed by atoms with Gasteiger partial charge >= 0.3 is 35.8 Å². The molecule has 0 saturated heterocycles. The van der Waals surface area contributed by atoms with Crippen LogP contribution in [0.25, 0.3) is 0 Å². The fourth-order valence-corrected chi connectivity index (χ4v) is 0.130. The Hall–Kier alpha value is -0.477. The third-order valence-electron chi connectivity index (χ3n) is 0.112. The number of rotatable bonds is 0. The van der Waals surface area contributed by atoms with Crippen molar-refractivity contribution in [2.24, 2.45) is 0 Å². The van der Waals surface area contributed by atoms with Crippen LogP contribution in [-0.2, 0) is 0 Å². The van der Waals surface area contributed by atoms with Crippen molar-refractivity contribution in [1.82, 2.24) is 0 Å². The molecule has 0 amide bonds. The third-order valence-corrected chi connectivity index (χ3v) is 0.581. The molecule has 5 heavy (non-hydrogen) atoms. The molecule has 0 atom stereocenters. The van der Waals surface area contributed by atoms with Crippen LogP contribution in [0.4, 0.5) is 0 Å². The molecular formula is C2GeN2. The molecule has 0 bridgehead atoms. The van der Waals surface area contributed by atoms with Gasteiger partial charge in [-0.3, -0.25) is 0 Å². The first-order valence-electron chi connectivity index (χ1n) is 0.947. The summed E-state index contributed by atoms with van der Waals surface area (Å²) in [7, 11) is 0. The monoisotopic (exact) mass is 126 g/mol. The van der Waals surface area contributed by atoms with Crippen LogP contribution in [0.3, 0.4) is 0 Å². The van der Waals surface area contributed by atoms with Crippen molar-refractivity contribution >= 4 is 15.4 Å². The van der Waals surface area contributed by atoms with Crippen molar-refractivity contribution in [3.8, 4) is 9.80 Å².